The smallest absolute Gasteiger partial charge is 0.161 e. The molecule has 1 heterocycles. The fraction of sp³-hybridized carbons (Fsp3) is 0.667. The van der Waals surface area contributed by atoms with E-state index in [1.54, 1.807) is 0 Å². The highest BCUT2D eigenvalue weighted by atomic mass is 15.4. The Bertz CT molecular complexity index is 166. The highest BCUT2D eigenvalue weighted by Gasteiger charge is 2.01. The van der Waals surface area contributed by atoms with Gasteiger partial charge in [0.25, 0.3) is 0 Å². The lowest BCUT2D eigenvalue weighted by atomic mass is 10.5. The summed E-state index contributed by atoms with van der Waals surface area (Å²) in [5.74, 6) is 0.866. The van der Waals surface area contributed by atoms with Gasteiger partial charge in [-0.15, -0.1) is 5.10 Å². The van der Waals surface area contributed by atoms with E-state index in [1.165, 1.54) is 0 Å². The second-order valence-corrected chi connectivity index (χ2v) is 1.94. The minimum Gasteiger partial charge on any atom is -0.356 e. The Morgan fingerprint density at radius 3 is 2.60 bits per heavy atom. The molecule has 0 aromatic carbocycles. The molecular weight excluding hydrogens is 128 g/mol. The molecule has 10 heavy (non-hydrogen) atoms. The van der Waals surface area contributed by atoms with Crippen LogP contribution in [0.1, 0.15) is 13.8 Å². The largest absolute Gasteiger partial charge is 0.356 e. The van der Waals surface area contributed by atoms with Crippen LogP contribution in [0.25, 0.3) is 0 Å². The van der Waals surface area contributed by atoms with Crippen LogP contribution in [0, 0.1) is 6.20 Å². The fourth-order valence-corrected chi connectivity index (χ4v) is 0.851. The third-order valence-corrected chi connectivity index (χ3v) is 1.44. The number of rotatable bonds is 3. The Morgan fingerprint density at radius 1 is 1.50 bits per heavy atom. The number of anilines is 1. The van der Waals surface area contributed by atoms with Gasteiger partial charge in [-0.05, 0) is 13.8 Å². The molecule has 0 atom stereocenters. The predicted molar refractivity (Wildman–Crippen MR) is 38.8 cm³/mol. The summed E-state index contributed by atoms with van der Waals surface area (Å²) in [6.45, 7) is 6.07. The van der Waals surface area contributed by atoms with E-state index in [-0.39, 0.29) is 0 Å². The van der Waals surface area contributed by atoms with Gasteiger partial charge in [0.2, 0.25) is 0 Å². The molecule has 0 unspecified atom stereocenters. The van der Waals surface area contributed by atoms with Crippen LogP contribution in [0.15, 0.2) is 0 Å². The first-order chi connectivity index (χ1) is 4.88. The third kappa shape index (κ3) is 1.26. The molecule has 4 heteroatoms. The Morgan fingerprint density at radius 2 is 2.20 bits per heavy atom. The molecule has 0 saturated heterocycles. The van der Waals surface area contributed by atoms with Gasteiger partial charge in [-0.1, -0.05) is 5.21 Å². The van der Waals surface area contributed by atoms with Crippen LogP contribution in [0.5, 0.6) is 0 Å². The van der Waals surface area contributed by atoms with Crippen LogP contribution in [-0.4, -0.2) is 28.5 Å². The van der Waals surface area contributed by atoms with Gasteiger partial charge in [-0.3, -0.25) is 0 Å². The van der Waals surface area contributed by atoms with Crippen molar-refractivity contribution in [3.63, 3.8) is 0 Å². The molecule has 1 N–H and O–H groups in total. The fourth-order valence-electron chi connectivity index (χ4n) is 0.851. The molecule has 1 aromatic heterocycles. The second kappa shape index (κ2) is 3.20. The molecule has 1 radical (unpaired) electrons. The SMILES string of the molecule is CCN(CC)c1[c]nn[nH]1. The highest BCUT2D eigenvalue weighted by Crippen LogP contribution is 2.03. The van der Waals surface area contributed by atoms with Crippen molar-refractivity contribution in [3.05, 3.63) is 6.20 Å². The van der Waals surface area contributed by atoms with Crippen molar-refractivity contribution >= 4 is 5.82 Å². The molecule has 55 valence electrons. The van der Waals surface area contributed by atoms with Gasteiger partial charge in [-0.25, -0.2) is 5.10 Å². The minimum absolute atomic E-state index is 0.866. The maximum absolute atomic E-state index is 3.57. The molecule has 1 aromatic rings. The summed E-state index contributed by atoms with van der Waals surface area (Å²) in [6.07, 6.45) is 2.75. The Balaban J connectivity index is 2.64. The van der Waals surface area contributed by atoms with Crippen LogP contribution in [-0.2, 0) is 0 Å². The molecule has 0 spiro atoms. The van der Waals surface area contributed by atoms with Crippen molar-refractivity contribution in [2.24, 2.45) is 0 Å². The highest BCUT2D eigenvalue weighted by molar-refractivity contribution is 5.31. The molecular formula is C6H11N4. The Hall–Kier alpha value is -1.06. The van der Waals surface area contributed by atoms with Crippen LogP contribution < -0.4 is 4.90 Å². The number of aromatic amines is 1. The zero-order chi connectivity index (χ0) is 7.40. The van der Waals surface area contributed by atoms with Gasteiger partial charge >= 0.3 is 0 Å². The van der Waals surface area contributed by atoms with E-state index >= 15 is 0 Å². The van der Waals surface area contributed by atoms with E-state index in [2.05, 4.69) is 40.4 Å². The average molecular weight is 139 g/mol. The summed E-state index contributed by atoms with van der Waals surface area (Å²) in [6, 6.07) is 0. The number of aromatic nitrogens is 3. The zero-order valence-electron chi connectivity index (χ0n) is 6.26. The summed E-state index contributed by atoms with van der Waals surface area (Å²) in [4.78, 5) is 2.10. The van der Waals surface area contributed by atoms with Crippen molar-refractivity contribution in [3.8, 4) is 0 Å². The summed E-state index contributed by atoms with van der Waals surface area (Å²) in [5.41, 5.74) is 0. The molecule has 0 aliphatic heterocycles. The molecule has 0 amide bonds. The van der Waals surface area contributed by atoms with E-state index in [0.717, 1.165) is 18.9 Å². The van der Waals surface area contributed by atoms with Crippen molar-refractivity contribution in [1.29, 1.82) is 0 Å². The maximum Gasteiger partial charge on any atom is 0.161 e. The van der Waals surface area contributed by atoms with Crippen molar-refractivity contribution in [2.75, 3.05) is 18.0 Å². The van der Waals surface area contributed by atoms with Gasteiger partial charge in [0.15, 0.2) is 12.0 Å². The van der Waals surface area contributed by atoms with Crippen LogP contribution in [0.3, 0.4) is 0 Å². The first kappa shape index (κ1) is 7.05. The molecule has 4 nitrogen and oxygen atoms in total. The van der Waals surface area contributed by atoms with E-state index < -0.39 is 0 Å². The van der Waals surface area contributed by atoms with Gasteiger partial charge in [0.05, 0.1) is 0 Å². The summed E-state index contributed by atoms with van der Waals surface area (Å²) in [7, 11) is 0. The molecule has 1 rings (SSSR count). The van der Waals surface area contributed by atoms with Crippen molar-refractivity contribution in [1.82, 2.24) is 15.4 Å². The third-order valence-electron chi connectivity index (χ3n) is 1.44. The van der Waals surface area contributed by atoms with Crippen LogP contribution in [0.2, 0.25) is 0 Å². The number of nitrogens with zero attached hydrogens (tertiary/aromatic N) is 3. The van der Waals surface area contributed by atoms with Crippen molar-refractivity contribution in [2.45, 2.75) is 13.8 Å². The van der Waals surface area contributed by atoms with E-state index in [1.807, 2.05) is 0 Å². The second-order valence-electron chi connectivity index (χ2n) is 1.94. The lowest BCUT2D eigenvalue weighted by Crippen LogP contribution is -2.22. The number of hydrogen-bond acceptors (Lipinski definition) is 3. The normalized spacial score (nSPS) is 9.80. The maximum atomic E-state index is 3.57. The molecule has 0 aliphatic rings. The van der Waals surface area contributed by atoms with Gasteiger partial charge in [0, 0.05) is 13.1 Å². The Kier molecular flexibility index (Phi) is 2.25. The van der Waals surface area contributed by atoms with E-state index in [9.17, 15) is 0 Å². The summed E-state index contributed by atoms with van der Waals surface area (Å²) in [5, 5.41) is 9.88. The van der Waals surface area contributed by atoms with E-state index in [0.29, 0.717) is 0 Å². The summed E-state index contributed by atoms with van der Waals surface area (Å²) < 4.78 is 0. The van der Waals surface area contributed by atoms with Gasteiger partial charge < -0.3 is 4.90 Å². The van der Waals surface area contributed by atoms with Crippen LogP contribution in [0.4, 0.5) is 5.82 Å². The topological polar surface area (TPSA) is 44.8 Å². The first-order valence-electron chi connectivity index (χ1n) is 3.42. The standard InChI is InChI=1S/C6H11N4/c1-3-10(4-2)6-5-7-9-8-6/h3-4H2,1-2H3,(H,7,8,9). The molecule has 0 fully saturated rings. The Labute approximate surface area is 60.2 Å². The monoisotopic (exact) mass is 139 g/mol. The molecule has 0 bridgehead atoms. The average Bonchev–Trinajstić information content (AvgIpc) is 2.43. The lowest BCUT2D eigenvalue weighted by Gasteiger charge is -2.16. The van der Waals surface area contributed by atoms with E-state index in [4.69, 9.17) is 0 Å². The minimum atomic E-state index is 0.866. The number of hydrogen-bond donors (Lipinski definition) is 1. The predicted octanol–water partition coefficient (Wildman–Crippen LogP) is 0.451. The number of nitrogens with one attached hydrogen (secondary N) is 1. The van der Waals surface area contributed by atoms with Gasteiger partial charge in [0.1, 0.15) is 0 Å². The van der Waals surface area contributed by atoms with Gasteiger partial charge in [-0.2, -0.15) is 0 Å². The lowest BCUT2D eigenvalue weighted by molar-refractivity contribution is 0.834. The van der Waals surface area contributed by atoms with Crippen molar-refractivity contribution < 1.29 is 0 Å². The number of H-pyrrole nitrogens is 1. The molecule has 0 aliphatic carbocycles. The molecule has 0 saturated carbocycles. The zero-order valence-corrected chi connectivity index (χ0v) is 6.26. The van der Waals surface area contributed by atoms with Crippen LogP contribution >= 0.6 is 0 Å². The first-order valence-corrected chi connectivity index (χ1v) is 3.42. The quantitative estimate of drug-likeness (QED) is 0.661. The summed E-state index contributed by atoms with van der Waals surface area (Å²) >= 11 is 0.